The first-order chi connectivity index (χ1) is 14.6. The Morgan fingerprint density at radius 2 is 1.77 bits per heavy atom. The molecule has 3 N–H and O–H groups in total. The van der Waals surface area contributed by atoms with Crippen LogP contribution < -0.4 is 20.1 Å². The van der Waals surface area contributed by atoms with Gasteiger partial charge in [0.1, 0.15) is 5.75 Å². The predicted octanol–water partition coefficient (Wildman–Crippen LogP) is 3.34. The van der Waals surface area contributed by atoms with E-state index in [0.29, 0.717) is 31.2 Å². The quantitative estimate of drug-likeness (QED) is 0.427. The van der Waals surface area contributed by atoms with Crippen molar-refractivity contribution in [3.8, 4) is 5.75 Å². The number of aliphatic imine (C=N–C) groups is 1. The number of aryl methyl sites for hydroxylation is 1. The van der Waals surface area contributed by atoms with Gasteiger partial charge in [0.15, 0.2) is 5.96 Å². The van der Waals surface area contributed by atoms with Crippen LogP contribution in [0.4, 0.5) is 0 Å². The van der Waals surface area contributed by atoms with Gasteiger partial charge in [-0.3, -0.25) is 0 Å². The molecule has 0 amide bonds. The molecule has 0 fully saturated rings. The highest BCUT2D eigenvalue weighted by Crippen LogP contribution is 2.21. The maximum absolute atomic E-state index is 12.8. The molecule has 0 radical (unpaired) electrons. The minimum absolute atomic E-state index is 0.258. The third-order valence-corrected chi connectivity index (χ3v) is 6.20. The van der Waals surface area contributed by atoms with Crippen molar-refractivity contribution in [2.75, 3.05) is 13.7 Å². The zero-order chi connectivity index (χ0) is 23.1. The van der Waals surface area contributed by atoms with Gasteiger partial charge in [-0.25, -0.2) is 18.1 Å². The smallest absolute Gasteiger partial charge is 0.241 e. The molecule has 2 aromatic rings. The van der Waals surface area contributed by atoms with Gasteiger partial charge < -0.3 is 15.4 Å². The maximum atomic E-state index is 12.8. The van der Waals surface area contributed by atoms with Gasteiger partial charge in [-0.05, 0) is 57.9 Å². The Morgan fingerprint density at radius 3 is 2.42 bits per heavy atom. The Morgan fingerprint density at radius 1 is 1.06 bits per heavy atom. The molecule has 0 saturated carbocycles. The number of rotatable bonds is 8. The van der Waals surface area contributed by atoms with Crippen LogP contribution >= 0.6 is 0 Å². The first kappa shape index (κ1) is 24.7. The zero-order valence-electron chi connectivity index (χ0n) is 19.2. The Kier molecular flexibility index (Phi) is 8.47. The topological polar surface area (TPSA) is 91.8 Å². The van der Waals surface area contributed by atoms with Crippen LogP contribution in [0.3, 0.4) is 0 Å². The van der Waals surface area contributed by atoms with Gasteiger partial charge in [0.25, 0.3) is 0 Å². The molecule has 0 saturated heterocycles. The molecule has 0 atom stereocenters. The van der Waals surface area contributed by atoms with Gasteiger partial charge in [-0.1, -0.05) is 30.3 Å². The van der Waals surface area contributed by atoms with E-state index < -0.39 is 15.6 Å². The molecule has 2 rings (SSSR count). The van der Waals surface area contributed by atoms with Crippen LogP contribution in [0.15, 0.2) is 52.4 Å². The van der Waals surface area contributed by atoms with Crippen LogP contribution in [0.5, 0.6) is 5.75 Å². The van der Waals surface area contributed by atoms with Crippen molar-refractivity contribution in [2.45, 2.75) is 58.1 Å². The molecule has 0 aliphatic heterocycles. The number of benzene rings is 2. The standard InChI is InChI=1S/C23H34N4O3S/c1-7-24-22(25-15-18-13-12-17(2)14-20(18)30-6)26-16-19-10-8-9-11-21(19)31(28,29)27-23(3,4)5/h8-14,27H,7,15-16H2,1-6H3,(H2,24,25,26). The van der Waals surface area contributed by atoms with Crippen LogP contribution in [-0.4, -0.2) is 33.6 Å². The van der Waals surface area contributed by atoms with Gasteiger partial charge in [-0.2, -0.15) is 0 Å². The highest BCUT2D eigenvalue weighted by molar-refractivity contribution is 7.89. The lowest BCUT2D eigenvalue weighted by molar-refractivity contribution is 0.409. The maximum Gasteiger partial charge on any atom is 0.241 e. The van der Waals surface area contributed by atoms with Gasteiger partial charge in [-0.15, -0.1) is 0 Å². The van der Waals surface area contributed by atoms with E-state index in [1.54, 1.807) is 25.3 Å². The number of hydrogen-bond donors (Lipinski definition) is 3. The fourth-order valence-electron chi connectivity index (χ4n) is 3.04. The number of hydrogen-bond acceptors (Lipinski definition) is 4. The molecule has 2 aromatic carbocycles. The largest absolute Gasteiger partial charge is 0.496 e. The second-order valence-corrected chi connectivity index (χ2v) is 9.98. The Bertz CT molecular complexity index is 1010. The van der Waals surface area contributed by atoms with Crippen LogP contribution in [0.25, 0.3) is 0 Å². The summed E-state index contributed by atoms with van der Waals surface area (Å²) < 4.78 is 33.9. The second-order valence-electron chi connectivity index (χ2n) is 8.33. The van der Waals surface area contributed by atoms with E-state index in [1.807, 2.05) is 58.9 Å². The number of guanidine groups is 1. The summed E-state index contributed by atoms with van der Waals surface area (Å²) >= 11 is 0. The summed E-state index contributed by atoms with van der Waals surface area (Å²) in [6.45, 7) is 10.9. The summed E-state index contributed by atoms with van der Waals surface area (Å²) in [5.74, 6) is 1.39. The average molecular weight is 447 g/mol. The van der Waals surface area contributed by atoms with Crippen LogP contribution in [0.2, 0.25) is 0 Å². The van der Waals surface area contributed by atoms with Gasteiger partial charge in [0.2, 0.25) is 10.0 Å². The summed E-state index contributed by atoms with van der Waals surface area (Å²) in [6.07, 6.45) is 0. The van der Waals surface area contributed by atoms with Crippen molar-refractivity contribution in [2.24, 2.45) is 4.99 Å². The van der Waals surface area contributed by atoms with E-state index in [4.69, 9.17) is 4.74 Å². The van der Waals surface area contributed by atoms with Gasteiger partial charge in [0, 0.05) is 24.2 Å². The summed E-state index contributed by atoms with van der Waals surface area (Å²) in [5.41, 5.74) is 2.19. The Balaban J connectivity index is 2.20. The highest BCUT2D eigenvalue weighted by atomic mass is 32.2. The molecular weight excluding hydrogens is 412 g/mol. The lowest BCUT2D eigenvalue weighted by Gasteiger charge is -2.22. The van der Waals surface area contributed by atoms with E-state index in [-0.39, 0.29) is 4.90 Å². The van der Waals surface area contributed by atoms with E-state index in [0.717, 1.165) is 16.9 Å². The lowest BCUT2D eigenvalue weighted by Crippen LogP contribution is -2.41. The van der Waals surface area contributed by atoms with Crippen molar-refractivity contribution >= 4 is 16.0 Å². The SMILES string of the molecule is CCNC(=NCc1ccc(C)cc1OC)NCc1ccccc1S(=O)(=O)NC(C)(C)C. The molecule has 31 heavy (non-hydrogen) atoms. The fourth-order valence-corrected chi connectivity index (χ4v) is 4.70. The number of ether oxygens (including phenoxy) is 1. The first-order valence-electron chi connectivity index (χ1n) is 10.3. The number of sulfonamides is 1. The minimum Gasteiger partial charge on any atom is -0.496 e. The van der Waals surface area contributed by atoms with Crippen LogP contribution in [0.1, 0.15) is 44.4 Å². The molecule has 0 aliphatic carbocycles. The van der Waals surface area contributed by atoms with Crippen molar-refractivity contribution < 1.29 is 13.2 Å². The van der Waals surface area contributed by atoms with Gasteiger partial charge >= 0.3 is 0 Å². The molecule has 0 aromatic heterocycles. The lowest BCUT2D eigenvalue weighted by atomic mass is 10.1. The molecular formula is C23H34N4O3S. The normalized spacial score (nSPS) is 12.5. The van der Waals surface area contributed by atoms with E-state index in [9.17, 15) is 8.42 Å². The number of nitrogens with one attached hydrogen (secondary N) is 3. The Labute approximate surface area is 186 Å². The molecule has 0 aliphatic rings. The summed E-state index contributed by atoms with van der Waals surface area (Å²) in [7, 11) is -2.00. The highest BCUT2D eigenvalue weighted by Gasteiger charge is 2.24. The predicted molar refractivity (Wildman–Crippen MR) is 126 cm³/mol. The van der Waals surface area contributed by atoms with E-state index >= 15 is 0 Å². The van der Waals surface area contributed by atoms with Crippen LogP contribution in [-0.2, 0) is 23.1 Å². The molecule has 7 nitrogen and oxygen atoms in total. The molecule has 8 heteroatoms. The zero-order valence-corrected chi connectivity index (χ0v) is 20.1. The summed E-state index contributed by atoms with van der Waals surface area (Å²) in [5, 5.41) is 6.44. The number of methoxy groups -OCH3 is 1. The third-order valence-electron chi connectivity index (χ3n) is 4.34. The Hall–Kier alpha value is -2.58. The molecule has 0 unspecified atom stereocenters. The summed E-state index contributed by atoms with van der Waals surface area (Å²) in [4.78, 5) is 4.90. The van der Waals surface area contributed by atoms with Gasteiger partial charge in [0.05, 0.1) is 18.6 Å². The number of nitrogens with zero attached hydrogens (tertiary/aromatic N) is 1. The molecule has 0 spiro atoms. The fraction of sp³-hybridized carbons (Fsp3) is 0.435. The van der Waals surface area contributed by atoms with E-state index in [1.165, 1.54) is 0 Å². The van der Waals surface area contributed by atoms with Crippen molar-refractivity contribution in [3.63, 3.8) is 0 Å². The van der Waals surface area contributed by atoms with Crippen molar-refractivity contribution in [1.82, 2.24) is 15.4 Å². The monoisotopic (exact) mass is 446 g/mol. The van der Waals surface area contributed by atoms with Crippen LogP contribution in [0, 0.1) is 6.92 Å². The van der Waals surface area contributed by atoms with E-state index in [2.05, 4.69) is 20.3 Å². The molecule has 170 valence electrons. The minimum atomic E-state index is -3.64. The molecule has 0 heterocycles. The average Bonchev–Trinajstić information content (AvgIpc) is 2.69. The third kappa shape index (κ3) is 7.56. The van der Waals surface area contributed by atoms with Crippen molar-refractivity contribution in [3.05, 3.63) is 59.2 Å². The molecule has 0 bridgehead atoms. The summed E-state index contributed by atoms with van der Waals surface area (Å²) in [6, 6.07) is 13.0. The second kappa shape index (κ2) is 10.6. The first-order valence-corrected chi connectivity index (χ1v) is 11.8. The van der Waals surface area contributed by atoms with Crippen molar-refractivity contribution in [1.29, 1.82) is 0 Å².